The molecule has 3 aliphatic rings. The lowest BCUT2D eigenvalue weighted by atomic mass is 9.89. The fourth-order valence-corrected chi connectivity index (χ4v) is 8.03. The molecule has 0 bridgehead atoms. The lowest BCUT2D eigenvalue weighted by Gasteiger charge is -2.53. The van der Waals surface area contributed by atoms with Crippen molar-refractivity contribution >= 4 is 99.6 Å². The highest BCUT2D eigenvalue weighted by Gasteiger charge is 2.57. The maximum absolute atomic E-state index is 13.2. The van der Waals surface area contributed by atoms with Gasteiger partial charge in [0.15, 0.2) is 15.2 Å². The molecule has 2 saturated heterocycles. The van der Waals surface area contributed by atoms with E-state index in [9.17, 15) is 19.5 Å². The van der Waals surface area contributed by atoms with Crippen molar-refractivity contribution in [1.29, 1.82) is 0 Å². The Hall–Kier alpha value is -1.89. The third-order valence-corrected chi connectivity index (χ3v) is 10.9. The number of β-lactam (4-membered cyclic amide) rings is 1. The zero-order chi connectivity index (χ0) is 26.3. The zero-order valence-electron chi connectivity index (χ0n) is 20.3. The molecule has 5 unspecified atom stereocenters. The zero-order valence-corrected chi connectivity index (χ0v) is 25.2. The number of thiazole rings is 1. The van der Waals surface area contributed by atoms with E-state index in [1.165, 1.54) is 39.8 Å². The van der Waals surface area contributed by atoms with E-state index in [2.05, 4.69) is 25.7 Å². The van der Waals surface area contributed by atoms with Crippen LogP contribution in [0.1, 0.15) is 19.0 Å². The molecule has 6 N–H and O–H groups in total. The predicted molar refractivity (Wildman–Crippen MR) is 155 cm³/mol. The van der Waals surface area contributed by atoms with Crippen LogP contribution >= 0.6 is 71.0 Å². The molecule has 3 fully saturated rings. The summed E-state index contributed by atoms with van der Waals surface area (Å²) >= 11 is 5.12. The highest BCUT2D eigenvalue weighted by atomic mass is 35.5. The Labute approximate surface area is 252 Å². The molecule has 19 heteroatoms. The Morgan fingerprint density at radius 2 is 2.15 bits per heavy atom. The maximum atomic E-state index is 13.2. The first-order valence-corrected chi connectivity index (χ1v) is 15.0. The van der Waals surface area contributed by atoms with Gasteiger partial charge in [0.05, 0.1) is 0 Å². The van der Waals surface area contributed by atoms with Gasteiger partial charge in [0, 0.05) is 35.4 Å². The Morgan fingerprint density at radius 1 is 1.41 bits per heavy atom. The summed E-state index contributed by atoms with van der Waals surface area (Å²) in [5, 5.41) is 26.0. The van der Waals surface area contributed by atoms with Crippen molar-refractivity contribution in [1.82, 2.24) is 25.4 Å². The number of nitrogens with two attached hydrogens (primary N) is 2. The molecule has 1 saturated carbocycles. The number of hydrogen-bond acceptors (Lipinski definition) is 14. The Bertz CT molecular complexity index is 1240. The molecule has 6 atom stereocenters. The van der Waals surface area contributed by atoms with Crippen molar-refractivity contribution in [3.63, 3.8) is 0 Å². The summed E-state index contributed by atoms with van der Waals surface area (Å²) in [6.07, 6.45) is 0.537. The lowest BCUT2D eigenvalue weighted by Crippen LogP contribution is -2.74. The number of aromatic nitrogens is 3. The largest absolute Gasteiger partial charge is 0.481 e. The average molecular weight is 658 g/mol. The van der Waals surface area contributed by atoms with E-state index in [4.69, 9.17) is 16.3 Å². The van der Waals surface area contributed by atoms with Crippen LogP contribution in [0, 0.1) is 11.3 Å². The number of nitrogens with one attached hydrogen (secondary N) is 1. The van der Waals surface area contributed by atoms with E-state index in [-0.39, 0.29) is 88.7 Å². The van der Waals surface area contributed by atoms with Crippen LogP contribution in [0.4, 0.5) is 5.13 Å². The smallest absolute Gasteiger partial charge is 0.313 e. The Kier molecular flexibility index (Phi) is 10.3. The van der Waals surface area contributed by atoms with Crippen LogP contribution in [0.3, 0.4) is 0 Å². The predicted octanol–water partition coefficient (Wildman–Crippen LogP) is 1.14. The number of halogens is 2. The summed E-state index contributed by atoms with van der Waals surface area (Å²) in [5.41, 5.74) is 12.2. The topological polar surface area (TPSA) is 199 Å². The summed E-state index contributed by atoms with van der Waals surface area (Å²) in [6.45, 7) is 1.87. The number of carboxylic acids is 1. The third-order valence-electron chi connectivity index (χ3n) is 6.48. The number of oxime groups is 1. The van der Waals surface area contributed by atoms with Crippen LogP contribution in [-0.4, -0.2) is 90.3 Å². The molecule has 2 aliphatic heterocycles. The van der Waals surface area contributed by atoms with Crippen molar-refractivity contribution in [3.8, 4) is 0 Å². The number of carbonyl (C=O) groups is 3. The van der Waals surface area contributed by atoms with E-state index in [1.807, 2.05) is 6.92 Å². The molecule has 0 aromatic carbocycles. The van der Waals surface area contributed by atoms with E-state index in [0.717, 1.165) is 17.8 Å². The van der Waals surface area contributed by atoms with Crippen LogP contribution in [0.2, 0.25) is 0 Å². The summed E-state index contributed by atoms with van der Waals surface area (Å²) < 4.78 is 0.669. The van der Waals surface area contributed by atoms with E-state index >= 15 is 0 Å². The SMILES string of the molecule is CC(ON=C(C(=O)NC1C(=O)N2CC(CSc3nncs3)(C(=O)O)CS[C@H]12)c1csc(N)n1)C1CC1N.Cl.Cl. The van der Waals surface area contributed by atoms with E-state index in [1.54, 1.807) is 10.9 Å². The number of carboxylic acid groups (broad SMARTS) is 1. The molecular weight excluding hydrogens is 631 g/mol. The fourth-order valence-electron chi connectivity index (χ4n) is 4.13. The molecule has 4 heterocycles. The molecule has 39 heavy (non-hydrogen) atoms. The first-order valence-electron chi connectivity index (χ1n) is 11.2. The number of carbonyl (C=O) groups excluding carboxylic acids is 2. The quantitative estimate of drug-likeness (QED) is 0.123. The first kappa shape index (κ1) is 31.6. The van der Waals surface area contributed by atoms with Crippen LogP contribution in [-0.2, 0) is 19.2 Å². The van der Waals surface area contributed by atoms with Gasteiger partial charge in [0.2, 0.25) is 5.91 Å². The number of fused-ring (bicyclic) bond motifs is 1. The Morgan fingerprint density at radius 3 is 2.74 bits per heavy atom. The first-order chi connectivity index (χ1) is 17.7. The van der Waals surface area contributed by atoms with Gasteiger partial charge in [-0.15, -0.1) is 58.1 Å². The van der Waals surface area contributed by atoms with E-state index in [0.29, 0.717) is 4.34 Å². The van der Waals surface area contributed by atoms with Crippen LogP contribution < -0.4 is 16.8 Å². The van der Waals surface area contributed by atoms with Crippen LogP contribution in [0.25, 0.3) is 0 Å². The number of aliphatic carboxylic acids is 1. The van der Waals surface area contributed by atoms with Crippen molar-refractivity contribution < 1.29 is 24.3 Å². The van der Waals surface area contributed by atoms with E-state index < -0.39 is 23.3 Å². The highest BCUT2D eigenvalue weighted by Crippen LogP contribution is 2.44. The van der Waals surface area contributed by atoms with Crippen molar-refractivity contribution in [3.05, 3.63) is 16.6 Å². The minimum atomic E-state index is -1.14. The standard InChI is InChI=1S/C20H24N8O5S4.2ClH/c1-8(9-2-10(9)21)33-27-12(11-3-34-18(22)24-11)14(29)25-13-15(30)28-4-20(17(31)32,5-35-16(13)28)6-36-19-26-23-7-37-19;;/h3,7-10,13,16H,2,4-6,21H2,1H3,(H2,22,24)(H,25,29)(H,31,32);2*1H/t8?,9?,10?,13?,16-,20?;;/m1../s1. The third kappa shape index (κ3) is 6.55. The van der Waals surface area contributed by atoms with Gasteiger partial charge >= 0.3 is 5.97 Å². The Balaban J connectivity index is 0.00000210. The number of thioether (sulfide) groups is 2. The number of amides is 2. The average Bonchev–Trinajstić information content (AvgIpc) is 3.22. The molecule has 0 radical (unpaired) electrons. The molecule has 214 valence electrons. The molecular formula is C20H26Cl2N8O5S4. The minimum Gasteiger partial charge on any atom is -0.481 e. The maximum Gasteiger partial charge on any atom is 0.313 e. The lowest BCUT2D eigenvalue weighted by molar-refractivity contribution is -0.157. The monoisotopic (exact) mass is 656 g/mol. The minimum absolute atomic E-state index is 0. The number of rotatable bonds is 10. The summed E-state index contributed by atoms with van der Waals surface area (Å²) in [5.74, 6) is -1.27. The molecule has 5 rings (SSSR count). The summed E-state index contributed by atoms with van der Waals surface area (Å²) in [4.78, 5) is 49.6. The number of nitrogens with zero attached hydrogens (tertiary/aromatic N) is 5. The molecule has 2 amide bonds. The molecule has 1 aliphatic carbocycles. The van der Waals surface area contributed by atoms with Gasteiger partial charge in [-0.05, 0) is 13.3 Å². The second-order valence-electron chi connectivity index (χ2n) is 9.08. The number of hydrogen-bond donors (Lipinski definition) is 4. The van der Waals surface area contributed by atoms with Crippen LogP contribution in [0.5, 0.6) is 0 Å². The normalized spacial score (nSPS) is 28.2. The van der Waals surface area contributed by atoms with Gasteiger partial charge < -0.3 is 31.6 Å². The fraction of sp³-hybridized carbons (Fsp3) is 0.550. The van der Waals surface area contributed by atoms with Gasteiger partial charge in [0.1, 0.15) is 34.1 Å². The highest BCUT2D eigenvalue weighted by molar-refractivity contribution is 8.01. The summed E-state index contributed by atoms with van der Waals surface area (Å²) in [7, 11) is 0. The van der Waals surface area contributed by atoms with Gasteiger partial charge in [-0.3, -0.25) is 14.4 Å². The summed E-state index contributed by atoms with van der Waals surface area (Å²) in [6, 6.07) is -0.774. The molecule has 0 spiro atoms. The second-order valence-corrected chi connectivity index (χ2v) is 13.1. The molecule has 2 aromatic heterocycles. The van der Waals surface area contributed by atoms with Gasteiger partial charge in [-0.1, -0.05) is 28.3 Å². The molecule has 2 aromatic rings. The number of nitrogen functional groups attached to an aromatic ring is 1. The van der Waals surface area contributed by atoms with Crippen LogP contribution in [0.15, 0.2) is 20.4 Å². The van der Waals surface area contributed by atoms with Crippen molar-refractivity contribution in [2.24, 2.45) is 22.2 Å². The van der Waals surface area contributed by atoms with Gasteiger partial charge in [-0.25, -0.2) is 4.98 Å². The number of anilines is 1. The van der Waals surface area contributed by atoms with Gasteiger partial charge in [-0.2, -0.15) is 0 Å². The van der Waals surface area contributed by atoms with Crippen molar-refractivity contribution in [2.75, 3.05) is 23.8 Å². The second kappa shape index (κ2) is 12.7. The van der Waals surface area contributed by atoms with Crippen molar-refractivity contribution in [2.45, 2.75) is 41.2 Å². The molecule has 13 nitrogen and oxygen atoms in total. The van der Waals surface area contributed by atoms with Gasteiger partial charge in [0.25, 0.3) is 5.91 Å².